The predicted octanol–water partition coefficient (Wildman–Crippen LogP) is 4.80. The summed E-state index contributed by atoms with van der Waals surface area (Å²) in [6.07, 6.45) is -0.789. The second kappa shape index (κ2) is 5.44. The van der Waals surface area contributed by atoms with E-state index < -0.39 is 6.16 Å². The average molecular weight is 304 g/mol. The zero-order chi connectivity index (χ0) is 13.9. The first-order chi connectivity index (χ1) is 9.70. The van der Waals surface area contributed by atoms with Crippen LogP contribution in [0.15, 0.2) is 52.9 Å². The van der Waals surface area contributed by atoms with Crippen molar-refractivity contribution in [1.29, 1.82) is 0 Å². The van der Waals surface area contributed by atoms with Gasteiger partial charge in [0.05, 0.1) is 4.70 Å². The van der Waals surface area contributed by atoms with Crippen LogP contribution >= 0.6 is 23.6 Å². The molecule has 3 rings (SSSR count). The van der Waals surface area contributed by atoms with Crippen LogP contribution in [0.1, 0.15) is 0 Å². The zero-order valence-electron chi connectivity index (χ0n) is 10.1. The molecule has 1 heterocycles. The fraction of sp³-hybridized carbons (Fsp3) is 0. The van der Waals surface area contributed by atoms with Crippen molar-refractivity contribution in [3.05, 3.63) is 52.6 Å². The van der Waals surface area contributed by atoms with Crippen LogP contribution < -0.4 is 9.47 Å². The number of carbonyl (C=O) groups excluding carboxylic acids is 1. The molecule has 0 amide bonds. The highest BCUT2D eigenvalue weighted by molar-refractivity contribution is 7.73. The van der Waals surface area contributed by atoms with Crippen molar-refractivity contribution in [2.75, 3.05) is 0 Å². The molecule has 1 aromatic heterocycles. The van der Waals surface area contributed by atoms with E-state index in [1.54, 1.807) is 42.5 Å². The van der Waals surface area contributed by atoms with Crippen molar-refractivity contribution >= 4 is 40.0 Å². The van der Waals surface area contributed by atoms with Gasteiger partial charge in [-0.2, -0.15) is 0 Å². The van der Waals surface area contributed by atoms with Crippen molar-refractivity contribution in [3.63, 3.8) is 0 Å². The topological polar surface area (TPSA) is 48.7 Å². The van der Waals surface area contributed by atoms with E-state index in [1.807, 2.05) is 6.07 Å². The Hall–Kier alpha value is -2.18. The van der Waals surface area contributed by atoms with Gasteiger partial charge in [0.25, 0.3) is 0 Å². The summed E-state index contributed by atoms with van der Waals surface area (Å²) < 4.78 is 16.7. The van der Waals surface area contributed by atoms with Gasteiger partial charge in [-0.3, -0.25) is 0 Å². The van der Waals surface area contributed by atoms with Crippen LogP contribution in [0.5, 0.6) is 11.5 Å². The van der Waals surface area contributed by atoms with Gasteiger partial charge in [0.15, 0.2) is 0 Å². The van der Waals surface area contributed by atoms with Crippen LogP contribution in [0, 0.1) is 4.02 Å². The molecule has 2 aromatic carbocycles. The maximum Gasteiger partial charge on any atom is 0.519 e. The molecular weight excluding hydrogens is 296 g/mol. The lowest BCUT2D eigenvalue weighted by molar-refractivity contribution is 0.152. The Morgan fingerprint density at radius 1 is 1.05 bits per heavy atom. The Labute approximate surface area is 123 Å². The SMILES string of the molecule is O=C(Oc1ccccc1)Oc1ccc2oc(=S)sc2c1. The highest BCUT2D eigenvalue weighted by Gasteiger charge is 2.09. The van der Waals surface area contributed by atoms with E-state index in [-0.39, 0.29) is 0 Å². The fourth-order valence-corrected chi connectivity index (χ4v) is 2.67. The molecule has 0 fully saturated rings. The van der Waals surface area contributed by atoms with Gasteiger partial charge in [-0.25, -0.2) is 4.79 Å². The van der Waals surface area contributed by atoms with Gasteiger partial charge < -0.3 is 13.9 Å². The van der Waals surface area contributed by atoms with Gasteiger partial charge >= 0.3 is 6.16 Å². The van der Waals surface area contributed by atoms with E-state index >= 15 is 0 Å². The molecule has 0 radical (unpaired) electrons. The first-order valence-corrected chi connectivity index (χ1v) is 6.91. The van der Waals surface area contributed by atoms with Crippen LogP contribution in [-0.4, -0.2) is 6.16 Å². The highest BCUT2D eigenvalue weighted by Crippen LogP contribution is 2.27. The molecule has 6 heteroatoms. The van der Waals surface area contributed by atoms with Crippen LogP contribution in [0.4, 0.5) is 4.79 Å². The Kier molecular flexibility index (Phi) is 3.49. The summed E-state index contributed by atoms with van der Waals surface area (Å²) in [6, 6.07) is 13.7. The molecule has 0 bridgehead atoms. The molecule has 4 nitrogen and oxygen atoms in total. The molecule has 0 spiro atoms. The fourth-order valence-electron chi connectivity index (χ4n) is 1.62. The van der Waals surface area contributed by atoms with E-state index in [0.29, 0.717) is 21.1 Å². The van der Waals surface area contributed by atoms with Crippen LogP contribution in [0.3, 0.4) is 0 Å². The second-order valence-corrected chi connectivity index (χ2v) is 5.47. The number of carbonyl (C=O) groups is 1. The van der Waals surface area contributed by atoms with Gasteiger partial charge in [0, 0.05) is 6.07 Å². The minimum atomic E-state index is -0.789. The normalized spacial score (nSPS) is 10.4. The molecule has 0 atom stereocenters. The largest absolute Gasteiger partial charge is 0.519 e. The van der Waals surface area contributed by atoms with Crippen molar-refractivity contribution < 1.29 is 18.7 Å². The molecule has 0 saturated carbocycles. The maximum atomic E-state index is 11.6. The Bertz CT molecular complexity index is 805. The predicted molar refractivity (Wildman–Crippen MR) is 78.0 cm³/mol. The van der Waals surface area contributed by atoms with E-state index in [1.165, 1.54) is 11.3 Å². The summed E-state index contributed by atoms with van der Waals surface area (Å²) >= 11 is 6.26. The van der Waals surface area contributed by atoms with E-state index in [4.69, 9.17) is 26.1 Å². The van der Waals surface area contributed by atoms with Crippen LogP contribution in [-0.2, 0) is 0 Å². The minimum Gasteiger partial charge on any atom is -0.435 e. The van der Waals surface area contributed by atoms with E-state index in [0.717, 1.165) is 4.70 Å². The number of hydrogen-bond donors (Lipinski definition) is 0. The molecule has 0 N–H and O–H groups in total. The lowest BCUT2D eigenvalue weighted by Gasteiger charge is -2.04. The molecule has 0 aliphatic heterocycles. The molecule has 0 saturated heterocycles. The summed E-state index contributed by atoms with van der Waals surface area (Å²) in [5, 5.41) is 0. The van der Waals surface area contributed by atoms with Gasteiger partial charge in [0.1, 0.15) is 17.1 Å². The number of ether oxygens (including phenoxy) is 2. The first-order valence-electron chi connectivity index (χ1n) is 5.69. The molecule has 100 valence electrons. The summed E-state index contributed by atoms with van der Waals surface area (Å²) in [5.41, 5.74) is 0.670. The molecule has 3 aromatic rings. The zero-order valence-corrected chi connectivity index (χ0v) is 11.7. The van der Waals surface area contributed by atoms with E-state index in [2.05, 4.69) is 0 Å². The number of hydrogen-bond acceptors (Lipinski definition) is 6. The first kappa shape index (κ1) is 12.8. The highest BCUT2D eigenvalue weighted by atomic mass is 32.1. The monoisotopic (exact) mass is 304 g/mol. The standard InChI is InChI=1S/C14H8O4S2/c15-13(16-9-4-2-1-3-5-9)17-10-6-7-11-12(8-10)20-14(19)18-11/h1-8H. The summed E-state index contributed by atoms with van der Waals surface area (Å²) in [5.74, 6) is 0.808. The van der Waals surface area contributed by atoms with Gasteiger partial charge in [-0.1, -0.05) is 29.5 Å². The van der Waals surface area contributed by atoms with Gasteiger partial charge in [0.2, 0.25) is 4.02 Å². The second-order valence-electron chi connectivity index (χ2n) is 3.83. The number of benzene rings is 2. The molecule has 0 unspecified atom stereocenters. The third kappa shape index (κ3) is 2.87. The van der Waals surface area contributed by atoms with Gasteiger partial charge in [-0.15, -0.1) is 0 Å². The number of rotatable bonds is 2. The van der Waals surface area contributed by atoms with Crippen molar-refractivity contribution in [2.24, 2.45) is 0 Å². The summed E-state index contributed by atoms with van der Waals surface area (Å²) in [4.78, 5) is 11.6. The van der Waals surface area contributed by atoms with Crippen molar-refractivity contribution in [1.82, 2.24) is 0 Å². The van der Waals surface area contributed by atoms with Crippen LogP contribution in [0.2, 0.25) is 0 Å². The quantitative estimate of drug-likeness (QED) is 0.386. The van der Waals surface area contributed by atoms with E-state index in [9.17, 15) is 4.79 Å². The molecular formula is C14H8O4S2. The molecule has 0 aliphatic rings. The third-order valence-electron chi connectivity index (χ3n) is 2.45. The number of para-hydroxylation sites is 1. The molecule has 0 aliphatic carbocycles. The van der Waals surface area contributed by atoms with Gasteiger partial charge in [-0.05, 0) is 36.5 Å². The maximum absolute atomic E-state index is 11.6. The lowest BCUT2D eigenvalue weighted by Crippen LogP contribution is -2.13. The third-order valence-corrected chi connectivity index (χ3v) is 3.57. The number of fused-ring (bicyclic) bond motifs is 1. The molecule has 20 heavy (non-hydrogen) atoms. The minimum absolute atomic E-state index is 0.380. The smallest absolute Gasteiger partial charge is 0.435 e. The van der Waals surface area contributed by atoms with Crippen molar-refractivity contribution in [2.45, 2.75) is 0 Å². The average Bonchev–Trinajstić information content (AvgIpc) is 2.79. The lowest BCUT2D eigenvalue weighted by atomic mass is 10.3. The van der Waals surface area contributed by atoms with Crippen molar-refractivity contribution in [3.8, 4) is 11.5 Å². The summed E-state index contributed by atoms with van der Waals surface area (Å²) in [6.45, 7) is 0. The summed E-state index contributed by atoms with van der Waals surface area (Å²) in [7, 11) is 0. The Morgan fingerprint density at radius 3 is 2.60 bits per heavy atom. The Balaban J connectivity index is 1.75. The van der Waals surface area contributed by atoms with Crippen LogP contribution in [0.25, 0.3) is 10.3 Å². The Morgan fingerprint density at radius 2 is 1.80 bits per heavy atom.